The van der Waals surface area contributed by atoms with Gasteiger partial charge in [-0.25, -0.2) is 0 Å². The van der Waals surface area contributed by atoms with Gasteiger partial charge in [0.15, 0.2) is 0 Å². The summed E-state index contributed by atoms with van der Waals surface area (Å²) in [7, 11) is -4.15. The van der Waals surface area contributed by atoms with E-state index in [9.17, 15) is 13.5 Å². The Kier molecular flexibility index (Phi) is 3.54. The van der Waals surface area contributed by atoms with Crippen molar-refractivity contribution in [3.63, 3.8) is 0 Å². The van der Waals surface area contributed by atoms with Gasteiger partial charge in [0.1, 0.15) is 0 Å². The highest BCUT2D eigenvalue weighted by Gasteiger charge is 2.10. The Morgan fingerprint density at radius 3 is 2.14 bits per heavy atom. The molecular formula is C8H10O4S2. The highest BCUT2D eigenvalue weighted by Crippen LogP contribution is 2.16. The molecule has 0 aromatic heterocycles. The molecule has 1 aromatic rings. The molecule has 1 rings (SSSR count). The molecule has 6 heteroatoms. The fourth-order valence-electron chi connectivity index (χ4n) is 0.967. The van der Waals surface area contributed by atoms with Crippen LogP contribution in [0.2, 0.25) is 0 Å². The van der Waals surface area contributed by atoms with Gasteiger partial charge in [-0.05, 0) is 17.7 Å². The number of benzene rings is 1. The molecule has 1 atom stereocenters. The summed E-state index contributed by atoms with van der Waals surface area (Å²) in [6.45, 7) is 0. The van der Waals surface area contributed by atoms with Gasteiger partial charge in [0.25, 0.3) is 10.1 Å². The van der Waals surface area contributed by atoms with E-state index in [1.54, 1.807) is 0 Å². The van der Waals surface area contributed by atoms with E-state index in [2.05, 4.69) is 12.6 Å². The summed E-state index contributed by atoms with van der Waals surface area (Å²) in [5, 5.41) is 9.33. The quantitative estimate of drug-likeness (QED) is 0.536. The molecule has 1 unspecified atom stereocenters. The third-order valence-electron chi connectivity index (χ3n) is 1.74. The van der Waals surface area contributed by atoms with Gasteiger partial charge < -0.3 is 5.11 Å². The second kappa shape index (κ2) is 4.31. The van der Waals surface area contributed by atoms with Crippen molar-refractivity contribution in [1.29, 1.82) is 0 Å². The lowest BCUT2D eigenvalue weighted by Crippen LogP contribution is -2.01. The molecule has 0 saturated carbocycles. The molecule has 0 spiro atoms. The zero-order valence-electron chi connectivity index (χ0n) is 7.16. The average Bonchev–Trinajstić information content (AvgIpc) is 2.15. The van der Waals surface area contributed by atoms with Gasteiger partial charge in [0.2, 0.25) is 0 Å². The van der Waals surface area contributed by atoms with Crippen LogP contribution in [0.3, 0.4) is 0 Å². The molecule has 0 amide bonds. The Bertz CT molecular complexity index is 396. The van der Waals surface area contributed by atoms with E-state index >= 15 is 0 Å². The summed E-state index contributed by atoms with van der Waals surface area (Å²) < 4.78 is 30.0. The summed E-state index contributed by atoms with van der Waals surface area (Å²) in [5.41, 5.74) is 0.562. The van der Waals surface area contributed by atoms with Gasteiger partial charge in [-0.3, -0.25) is 4.55 Å². The monoisotopic (exact) mass is 234 g/mol. The number of hydrogen-bond donors (Lipinski definition) is 3. The van der Waals surface area contributed by atoms with Gasteiger partial charge in [0.05, 0.1) is 11.0 Å². The van der Waals surface area contributed by atoms with Gasteiger partial charge in [-0.1, -0.05) is 12.1 Å². The Labute approximate surface area is 87.7 Å². The van der Waals surface area contributed by atoms with Crippen LogP contribution in [-0.4, -0.2) is 23.8 Å². The minimum atomic E-state index is -4.15. The third-order valence-corrected chi connectivity index (χ3v) is 2.95. The lowest BCUT2D eigenvalue weighted by molar-refractivity contribution is 0.204. The first-order valence-corrected chi connectivity index (χ1v) is 5.89. The SMILES string of the molecule is O=S(=O)(O)c1ccc(C(O)CS)cc1. The highest BCUT2D eigenvalue weighted by atomic mass is 32.2. The van der Waals surface area contributed by atoms with Crippen molar-refractivity contribution < 1.29 is 18.1 Å². The van der Waals surface area contributed by atoms with Crippen LogP contribution >= 0.6 is 12.6 Å². The molecule has 14 heavy (non-hydrogen) atoms. The van der Waals surface area contributed by atoms with E-state index in [1.165, 1.54) is 24.3 Å². The molecule has 0 bridgehead atoms. The van der Waals surface area contributed by atoms with Gasteiger partial charge in [-0.15, -0.1) is 0 Å². The topological polar surface area (TPSA) is 74.6 Å². The van der Waals surface area contributed by atoms with Gasteiger partial charge in [0, 0.05) is 5.75 Å². The molecule has 4 nitrogen and oxygen atoms in total. The Morgan fingerprint density at radius 1 is 1.29 bits per heavy atom. The molecule has 2 N–H and O–H groups in total. The zero-order valence-corrected chi connectivity index (χ0v) is 8.87. The zero-order chi connectivity index (χ0) is 10.8. The molecule has 0 aliphatic heterocycles. The molecule has 0 aliphatic carbocycles. The van der Waals surface area contributed by atoms with E-state index in [1.807, 2.05) is 0 Å². The van der Waals surface area contributed by atoms with Crippen LogP contribution in [0.1, 0.15) is 11.7 Å². The van der Waals surface area contributed by atoms with Crippen LogP contribution in [0.15, 0.2) is 29.2 Å². The maximum absolute atomic E-state index is 10.7. The first-order valence-electron chi connectivity index (χ1n) is 3.81. The van der Waals surface area contributed by atoms with E-state index in [4.69, 9.17) is 4.55 Å². The fraction of sp³-hybridized carbons (Fsp3) is 0.250. The second-order valence-electron chi connectivity index (χ2n) is 2.74. The Balaban J connectivity index is 3.01. The predicted octanol–water partition coefficient (Wildman–Crippen LogP) is 0.897. The molecule has 78 valence electrons. The van der Waals surface area contributed by atoms with E-state index in [-0.39, 0.29) is 10.6 Å². The van der Waals surface area contributed by atoms with Crippen molar-refractivity contribution in [2.75, 3.05) is 5.75 Å². The summed E-state index contributed by atoms with van der Waals surface area (Å²) in [5.74, 6) is 0.255. The molecule has 0 saturated heterocycles. The highest BCUT2D eigenvalue weighted by molar-refractivity contribution is 7.85. The predicted molar refractivity (Wildman–Crippen MR) is 55.1 cm³/mol. The summed E-state index contributed by atoms with van der Waals surface area (Å²) in [4.78, 5) is -0.187. The van der Waals surface area contributed by atoms with Crippen molar-refractivity contribution in [3.8, 4) is 0 Å². The molecule has 1 aromatic carbocycles. The number of hydrogen-bond acceptors (Lipinski definition) is 4. The smallest absolute Gasteiger partial charge is 0.294 e. The number of thiol groups is 1. The maximum atomic E-state index is 10.7. The number of rotatable bonds is 3. The van der Waals surface area contributed by atoms with E-state index < -0.39 is 16.2 Å². The van der Waals surface area contributed by atoms with Crippen molar-refractivity contribution in [1.82, 2.24) is 0 Å². The fourth-order valence-corrected chi connectivity index (χ4v) is 1.66. The van der Waals surface area contributed by atoms with Gasteiger partial charge in [-0.2, -0.15) is 21.0 Å². The van der Waals surface area contributed by atoms with Crippen LogP contribution in [-0.2, 0) is 10.1 Å². The Hall–Kier alpha value is -0.560. The van der Waals surface area contributed by atoms with E-state index in [0.717, 1.165) is 0 Å². The van der Waals surface area contributed by atoms with Crippen LogP contribution in [0.25, 0.3) is 0 Å². The van der Waals surface area contributed by atoms with Crippen LogP contribution in [0.5, 0.6) is 0 Å². The first-order chi connectivity index (χ1) is 6.45. The third kappa shape index (κ3) is 2.71. The number of aliphatic hydroxyl groups is 1. The minimum absolute atomic E-state index is 0.187. The van der Waals surface area contributed by atoms with Crippen molar-refractivity contribution in [2.24, 2.45) is 0 Å². The average molecular weight is 234 g/mol. The summed E-state index contributed by atoms with van der Waals surface area (Å²) in [6, 6.07) is 5.34. The lowest BCUT2D eigenvalue weighted by Gasteiger charge is -2.07. The molecule has 0 heterocycles. The minimum Gasteiger partial charge on any atom is -0.388 e. The summed E-state index contributed by atoms with van der Waals surface area (Å²) >= 11 is 3.89. The number of aliphatic hydroxyl groups excluding tert-OH is 1. The summed E-state index contributed by atoms with van der Waals surface area (Å²) in [6.07, 6.45) is -0.728. The van der Waals surface area contributed by atoms with E-state index in [0.29, 0.717) is 5.56 Å². The second-order valence-corrected chi connectivity index (χ2v) is 4.53. The van der Waals surface area contributed by atoms with Crippen molar-refractivity contribution >= 4 is 22.7 Å². The van der Waals surface area contributed by atoms with Crippen molar-refractivity contribution in [2.45, 2.75) is 11.0 Å². The van der Waals surface area contributed by atoms with Crippen molar-refractivity contribution in [3.05, 3.63) is 29.8 Å². The molecular weight excluding hydrogens is 224 g/mol. The normalized spacial score (nSPS) is 13.9. The van der Waals surface area contributed by atoms with Crippen LogP contribution in [0, 0.1) is 0 Å². The largest absolute Gasteiger partial charge is 0.388 e. The first kappa shape index (κ1) is 11.5. The molecule has 0 radical (unpaired) electrons. The van der Waals surface area contributed by atoms with Crippen LogP contribution in [0.4, 0.5) is 0 Å². The standard InChI is InChI=1S/C8H10O4S2/c9-8(5-13)6-1-3-7(4-2-6)14(10,11)12/h1-4,8-9,13H,5H2,(H,10,11,12). The lowest BCUT2D eigenvalue weighted by atomic mass is 10.1. The molecule has 0 fully saturated rings. The van der Waals surface area contributed by atoms with Gasteiger partial charge >= 0.3 is 0 Å². The molecule has 0 aliphatic rings. The maximum Gasteiger partial charge on any atom is 0.294 e. The Morgan fingerprint density at radius 2 is 1.79 bits per heavy atom. The van der Waals surface area contributed by atoms with Crippen LogP contribution < -0.4 is 0 Å².